The molecule has 1 heterocycles. The summed E-state index contributed by atoms with van der Waals surface area (Å²) in [6.07, 6.45) is 2.02. The first-order valence-electron chi connectivity index (χ1n) is 4.07. The Bertz CT molecular complexity index is 239. The van der Waals surface area contributed by atoms with Crippen molar-refractivity contribution in [3.05, 3.63) is 0 Å². The van der Waals surface area contributed by atoms with Gasteiger partial charge in [-0.15, -0.1) is 10.2 Å². The molecule has 1 aromatic rings. The fraction of sp³-hybridized carbons (Fsp3) is 0.714. The molecule has 1 N–H and O–H groups in total. The monoisotopic (exact) mass is 235 g/mol. The van der Waals surface area contributed by atoms with Gasteiger partial charge in [0, 0.05) is 12.3 Å². The van der Waals surface area contributed by atoms with Crippen molar-refractivity contribution in [3.8, 4) is 0 Å². The van der Waals surface area contributed by atoms with Crippen molar-refractivity contribution < 1.29 is 0 Å². The summed E-state index contributed by atoms with van der Waals surface area (Å²) in [6.45, 7) is 4.18. The summed E-state index contributed by atoms with van der Waals surface area (Å²) in [4.78, 5) is 0. The minimum absolute atomic E-state index is 1.03. The lowest BCUT2D eigenvalue weighted by molar-refractivity contribution is 0.768. The third-order valence-corrected chi connectivity index (χ3v) is 4.35. The Labute approximate surface area is 91.1 Å². The van der Waals surface area contributed by atoms with Crippen LogP contribution in [0, 0.1) is 0 Å². The predicted molar refractivity (Wildman–Crippen MR) is 61.0 cm³/mol. The zero-order valence-corrected chi connectivity index (χ0v) is 10.2. The van der Waals surface area contributed by atoms with Crippen molar-refractivity contribution in [2.24, 2.45) is 0 Å². The fourth-order valence-electron chi connectivity index (χ4n) is 0.725. The molecule has 0 spiro atoms. The van der Waals surface area contributed by atoms with E-state index in [1.165, 1.54) is 0 Å². The highest BCUT2D eigenvalue weighted by Gasteiger charge is 2.02. The molecule has 1 aromatic heterocycles. The minimum atomic E-state index is 1.03. The van der Waals surface area contributed by atoms with E-state index in [4.69, 9.17) is 0 Å². The van der Waals surface area contributed by atoms with Crippen molar-refractivity contribution in [3.63, 3.8) is 0 Å². The fourth-order valence-corrected chi connectivity index (χ4v) is 3.13. The molecule has 0 unspecified atom stereocenters. The summed E-state index contributed by atoms with van der Waals surface area (Å²) in [6, 6.07) is 0. The molecule has 3 nitrogen and oxygen atoms in total. The van der Waals surface area contributed by atoms with Gasteiger partial charge in [-0.05, 0) is 12.8 Å². The summed E-state index contributed by atoms with van der Waals surface area (Å²) in [5.41, 5.74) is 0. The minimum Gasteiger partial charge on any atom is -0.316 e. The highest BCUT2D eigenvalue weighted by Crippen LogP contribution is 2.26. The van der Waals surface area contributed by atoms with Crippen LogP contribution in [0.1, 0.15) is 6.92 Å². The predicted octanol–water partition coefficient (Wildman–Crippen LogP) is 1.96. The molecule has 6 heteroatoms. The molecule has 0 fully saturated rings. The number of hydrogen-bond donors (Lipinski definition) is 1. The topological polar surface area (TPSA) is 37.8 Å². The number of hydrogen-bond acceptors (Lipinski definition) is 6. The van der Waals surface area contributed by atoms with E-state index in [1.54, 1.807) is 34.9 Å². The van der Waals surface area contributed by atoms with Gasteiger partial charge >= 0.3 is 0 Å². The van der Waals surface area contributed by atoms with Crippen molar-refractivity contribution in [1.82, 2.24) is 15.5 Å². The lowest BCUT2D eigenvalue weighted by Gasteiger charge is -1.97. The smallest absolute Gasteiger partial charge is 0.175 e. The Hall–Kier alpha value is 0.220. The number of rotatable bonds is 6. The molecule has 0 aliphatic heterocycles. The molecule has 1 rings (SSSR count). The first kappa shape index (κ1) is 11.3. The highest BCUT2D eigenvalue weighted by molar-refractivity contribution is 8.02. The average molecular weight is 235 g/mol. The van der Waals surface area contributed by atoms with Gasteiger partial charge in [-0.3, -0.25) is 0 Å². The van der Waals surface area contributed by atoms with Crippen molar-refractivity contribution in [2.45, 2.75) is 15.6 Å². The molecule has 0 saturated heterocycles. The standard InChI is InChI=1S/C7H13N3S3/c1-3-8-4-5-12-7-10-9-6(11-2)13-7/h8H,3-5H2,1-2H3. The van der Waals surface area contributed by atoms with E-state index in [1.807, 2.05) is 6.26 Å². The van der Waals surface area contributed by atoms with Crippen LogP contribution >= 0.6 is 34.9 Å². The first-order chi connectivity index (χ1) is 6.36. The van der Waals surface area contributed by atoms with E-state index in [0.717, 1.165) is 27.5 Å². The van der Waals surface area contributed by atoms with Gasteiger partial charge in [0.15, 0.2) is 8.68 Å². The van der Waals surface area contributed by atoms with Crippen LogP contribution in [-0.2, 0) is 0 Å². The van der Waals surface area contributed by atoms with Crippen molar-refractivity contribution in [2.75, 3.05) is 25.1 Å². The van der Waals surface area contributed by atoms with Crippen LogP contribution in [0.25, 0.3) is 0 Å². The molecule has 0 saturated carbocycles. The maximum atomic E-state index is 4.07. The van der Waals surface area contributed by atoms with Crippen LogP contribution in [-0.4, -0.2) is 35.3 Å². The molecule has 0 bridgehead atoms. The molecule has 0 aromatic carbocycles. The van der Waals surface area contributed by atoms with Crippen molar-refractivity contribution >= 4 is 34.9 Å². The molecule has 0 amide bonds. The zero-order chi connectivity index (χ0) is 9.52. The Kier molecular flexibility index (Phi) is 5.77. The molecular weight excluding hydrogens is 222 g/mol. The zero-order valence-electron chi connectivity index (χ0n) is 7.74. The average Bonchev–Trinajstić information content (AvgIpc) is 2.60. The Morgan fingerprint density at radius 3 is 2.77 bits per heavy atom. The molecule has 0 aliphatic rings. The van der Waals surface area contributed by atoms with Crippen LogP contribution in [0.5, 0.6) is 0 Å². The number of aromatic nitrogens is 2. The summed E-state index contributed by atoms with van der Waals surface area (Å²) >= 11 is 5.08. The molecule has 0 aliphatic carbocycles. The molecule has 13 heavy (non-hydrogen) atoms. The second-order valence-electron chi connectivity index (χ2n) is 2.24. The SMILES string of the molecule is CCNCCSc1nnc(SC)s1. The number of nitrogens with one attached hydrogen (secondary N) is 1. The largest absolute Gasteiger partial charge is 0.316 e. The van der Waals surface area contributed by atoms with Crippen LogP contribution in [0.3, 0.4) is 0 Å². The van der Waals surface area contributed by atoms with Crippen LogP contribution in [0.15, 0.2) is 8.68 Å². The van der Waals surface area contributed by atoms with E-state index >= 15 is 0 Å². The molecular formula is C7H13N3S3. The van der Waals surface area contributed by atoms with Gasteiger partial charge in [-0.25, -0.2) is 0 Å². The van der Waals surface area contributed by atoms with Crippen LogP contribution in [0.2, 0.25) is 0 Å². The third-order valence-electron chi connectivity index (χ3n) is 1.32. The van der Waals surface area contributed by atoms with Gasteiger partial charge in [0.2, 0.25) is 0 Å². The molecule has 0 atom stereocenters. The molecule has 74 valence electrons. The second kappa shape index (κ2) is 6.64. The second-order valence-corrected chi connectivity index (χ2v) is 5.61. The number of nitrogens with zero attached hydrogens (tertiary/aromatic N) is 2. The maximum Gasteiger partial charge on any atom is 0.175 e. The Morgan fingerprint density at radius 2 is 2.15 bits per heavy atom. The summed E-state index contributed by atoms with van der Waals surface area (Å²) < 4.78 is 2.12. The normalized spacial score (nSPS) is 10.6. The van der Waals surface area contributed by atoms with E-state index in [9.17, 15) is 0 Å². The number of thioether (sulfide) groups is 2. The van der Waals surface area contributed by atoms with Gasteiger partial charge in [-0.2, -0.15) is 0 Å². The van der Waals surface area contributed by atoms with Gasteiger partial charge in [0.25, 0.3) is 0 Å². The third kappa shape index (κ3) is 4.30. The Balaban J connectivity index is 2.20. The van der Waals surface area contributed by atoms with Crippen LogP contribution < -0.4 is 5.32 Å². The highest BCUT2D eigenvalue weighted by atomic mass is 32.2. The van der Waals surface area contributed by atoms with Gasteiger partial charge < -0.3 is 5.32 Å². The van der Waals surface area contributed by atoms with E-state index in [2.05, 4.69) is 22.4 Å². The quantitative estimate of drug-likeness (QED) is 0.603. The molecule has 0 radical (unpaired) electrons. The van der Waals surface area contributed by atoms with Gasteiger partial charge in [-0.1, -0.05) is 41.8 Å². The van der Waals surface area contributed by atoms with E-state index in [-0.39, 0.29) is 0 Å². The van der Waals surface area contributed by atoms with Crippen molar-refractivity contribution in [1.29, 1.82) is 0 Å². The van der Waals surface area contributed by atoms with Crippen LogP contribution in [0.4, 0.5) is 0 Å². The first-order valence-corrected chi connectivity index (χ1v) is 7.10. The van der Waals surface area contributed by atoms with E-state index < -0.39 is 0 Å². The van der Waals surface area contributed by atoms with Gasteiger partial charge in [0.1, 0.15) is 0 Å². The van der Waals surface area contributed by atoms with E-state index in [0.29, 0.717) is 0 Å². The maximum absolute atomic E-state index is 4.07. The van der Waals surface area contributed by atoms with Gasteiger partial charge in [0.05, 0.1) is 0 Å². The lowest BCUT2D eigenvalue weighted by atomic mass is 10.7. The summed E-state index contributed by atoms with van der Waals surface area (Å²) in [5.74, 6) is 1.07. The Morgan fingerprint density at radius 1 is 1.38 bits per heavy atom. The lowest BCUT2D eigenvalue weighted by Crippen LogP contribution is -2.15. The summed E-state index contributed by atoms with van der Waals surface area (Å²) in [7, 11) is 0. The summed E-state index contributed by atoms with van der Waals surface area (Å²) in [5, 5.41) is 11.4.